The molecule has 17 nitrogen and oxygen atoms in total. The lowest BCUT2D eigenvalue weighted by Gasteiger charge is -2.34. The van der Waals surface area contributed by atoms with Gasteiger partial charge in [0.25, 0.3) is 20.0 Å². The van der Waals surface area contributed by atoms with Crippen LogP contribution in [0.3, 0.4) is 0 Å². The molecule has 2 aromatic heterocycles. The van der Waals surface area contributed by atoms with E-state index >= 15 is 0 Å². The van der Waals surface area contributed by atoms with Crippen LogP contribution in [0.5, 0.6) is 0 Å². The van der Waals surface area contributed by atoms with Gasteiger partial charge in [-0.3, -0.25) is 23.8 Å². The van der Waals surface area contributed by atoms with E-state index in [1.807, 2.05) is 0 Å². The van der Waals surface area contributed by atoms with E-state index in [-0.39, 0.29) is 47.0 Å². The monoisotopic (exact) mass is 762 g/mol. The molecule has 2 aliphatic rings. The van der Waals surface area contributed by atoms with Crippen molar-refractivity contribution in [3.8, 4) is 0 Å². The van der Waals surface area contributed by atoms with Crippen LogP contribution in [0.1, 0.15) is 0 Å². The van der Waals surface area contributed by atoms with Crippen LogP contribution in [0.15, 0.2) is 95.5 Å². The molecule has 22 heteroatoms. The lowest BCUT2D eigenvalue weighted by atomic mass is 10.2. The fraction of sp³-hybridized carbons (Fsp3) is 0.233. The minimum atomic E-state index is -5.05. The number of alkyl halides is 3. The standard InChI is InChI=1S/C16H14F3N5O4S.C14H15N5O3S/c17-16(18,19)15(26)23-7-8-24(14(25)9-23)11-1-3-12(4-2-11)29(27,28)22-13-5-6-20-10-21-13;20-14-9-15-7-8-19(14)11-1-3-12(4-2-11)23(21,22)18-13-5-6-16-10-17-13/h1-6,10H,7-9H2,(H,20,21,22);1-6,10,15H,7-9H2,(H,16,17,18). The number of carbonyl (C=O) groups is 3. The van der Waals surface area contributed by atoms with Gasteiger partial charge in [-0.25, -0.2) is 36.8 Å². The number of nitrogens with one attached hydrogen (secondary N) is 3. The molecule has 0 spiro atoms. The van der Waals surface area contributed by atoms with Crippen molar-refractivity contribution in [3.63, 3.8) is 0 Å². The van der Waals surface area contributed by atoms with E-state index in [9.17, 15) is 44.4 Å². The lowest BCUT2D eigenvalue weighted by Crippen LogP contribution is -2.55. The number of rotatable bonds is 8. The number of piperazine rings is 2. The second kappa shape index (κ2) is 15.7. The van der Waals surface area contributed by atoms with Crippen molar-refractivity contribution < 1.29 is 44.4 Å². The first-order chi connectivity index (χ1) is 24.6. The topological polar surface area (TPSA) is 217 Å². The average Bonchev–Trinajstić information content (AvgIpc) is 3.12. The number of nitrogens with zero attached hydrogens (tertiary/aromatic N) is 7. The summed E-state index contributed by atoms with van der Waals surface area (Å²) in [5, 5.41) is 2.99. The summed E-state index contributed by atoms with van der Waals surface area (Å²) in [5.41, 5.74) is 0.979. The molecule has 0 bridgehead atoms. The number of hydrogen-bond donors (Lipinski definition) is 3. The molecule has 0 radical (unpaired) electrons. The zero-order valence-corrected chi connectivity index (χ0v) is 28.4. The number of hydrogen-bond acceptors (Lipinski definition) is 12. The normalized spacial score (nSPS) is 15.4. The first-order valence-electron chi connectivity index (χ1n) is 15.1. The molecule has 2 aliphatic heterocycles. The molecule has 6 rings (SSSR count). The van der Waals surface area contributed by atoms with E-state index in [0.29, 0.717) is 29.4 Å². The van der Waals surface area contributed by atoms with Gasteiger partial charge in [-0.1, -0.05) is 0 Å². The van der Waals surface area contributed by atoms with Gasteiger partial charge in [-0.15, -0.1) is 0 Å². The Kier molecular flexibility index (Phi) is 11.3. The minimum Gasteiger partial charge on any atom is -0.324 e. The van der Waals surface area contributed by atoms with Gasteiger partial charge in [0, 0.05) is 49.9 Å². The molecule has 3 amide bonds. The van der Waals surface area contributed by atoms with E-state index in [2.05, 4.69) is 34.7 Å². The molecular formula is C30H29F3N10O7S2. The largest absolute Gasteiger partial charge is 0.471 e. The van der Waals surface area contributed by atoms with Crippen molar-refractivity contribution in [2.45, 2.75) is 16.0 Å². The third-order valence-corrected chi connectivity index (χ3v) is 10.1. The van der Waals surface area contributed by atoms with Crippen molar-refractivity contribution in [2.24, 2.45) is 0 Å². The molecule has 0 atom stereocenters. The van der Waals surface area contributed by atoms with Gasteiger partial charge in [-0.05, 0) is 60.7 Å². The quantitative estimate of drug-likeness (QED) is 0.231. The smallest absolute Gasteiger partial charge is 0.324 e. The van der Waals surface area contributed by atoms with Crippen molar-refractivity contribution in [1.29, 1.82) is 0 Å². The summed E-state index contributed by atoms with van der Waals surface area (Å²) in [7, 11) is -7.66. The fourth-order valence-electron chi connectivity index (χ4n) is 4.88. The Morgan fingerprint density at radius 3 is 1.58 bits per heavy atom. The number of aromatic nitrogens is 4. The summed E-state index contributed by atoms with van der Waals surface area (Å²) in [6, 6.07) is 14.2. The summed E-state index contributed by atoms with van der Waals surface area (Å²) >= 11 is 0. The molecule has 2 aromatic carbocycles. The number of anilines is 4. The van der Waals surface area contributed by atoms with E-state index < -0.39 is 44.6 Å². The van der Waals surface area contributed by atoms with Crippen molar-refractivity contribution in [1.82, 2.24) is 30.2 Å². The Morgan fingerprint density at radius 2 is 1.17 bits per heavy atom. The zero-order chi connectivity index (χ0) is 37.5. The van der Waals surface area contributed by atoms with Crippen LogP contribution in [-0.2, 0) is 34.4 Å². The van der Waals surface area contributed by atoms with Crippen LogP contribution < -0.4 is 24.6 Å². The molecule has 2 fully saturated rings. The summed E-state index contributed by atoms with van der Waals surface area (Å²) in [5.74, 6) is -2.54. The van der Waals surface area contributed by atoms with Gasteiger partial charge < -0.3 is 20.0 Å². The Bertz CT molecular complexity index is 2110. The highest BCUT2D eigenvalue weighted by molar-refractivity contribution is 7.93. The van der Waals surface area contributed by atoms with Gasteiger partial charge in [0.1, 0.15) is 30.8 Å². The Labute approximate surface area is 295 Å². The van der Waals surface area contributed by atoms with Crippen LogP contribution in [0.4, 0.5) is 36.2 Å². The van der Waals surface area contributed by atoms with Crippen LogP contribution >= 0.6 is 0 Å². The predicted octanol–water partition coefficient (Wildman–Crippen LogP) is 1.23. The van der Waals surface area contributed by atoms with Gasteiger partial charge in [0.2, 0.25) is 11.8 Å². The van der Waals surface area contributed by atoms with Crippen LogP contribution in [0.2, 0.25) is 0 Å². The third-order valence-electron chi connectivity index (χ3n) is 7.40. The number of amides is 3. The molecule has 52 heavy (non-hydrogen) atoms. The zero-order valence-electron chi connectivity index (χ0n) is 26.8. The molecular weight excluding hydrogens is 734 g/mol. The van der Waals surface area contributed by atoms with Crippen LogP contribution in [0.25, 0.3) is 0 Å². The van der Waals surface area contributed by atoms with E-state index in [4.69, 9.17) is 0 Å². The van der Waals surface area contributed by atoms with Gasteiger partial charge in [0.05, 0.1) is 16.3 Å². The first kappa shape index (κ1) is 37.5. The van der Waals surface area contributed by atoms with Crippen molar-refractivity contribution in [3.05, 3.63) is 85.7 Å². The van der Waals surface area contributed by atoms with Crippen molar-refractivity contribution in [2.75, 3.05) is 58.5 Å². The second-order valence-corrected chi connectivity index (χ2v) is 14.2. The number of carbonyl (C=O) groups excluding carboxylic acids is 3. The maximum Gasteiger partial charge on any atom is 0.471 e. The number of benzene rings is 2. The van der Waals surface area contributed by atoms with E-state index in [0.717, 1.165) is 0 Å². The third kappa shape index (κ3) is 9.32. The van der Waals surface area contributed by atoms with Crippen molar-refractivity contribution >= 4 is 60.8 Å². The average molecular weight is 763 g/mol. The summed E-state index contributed by atoms with van der Waals surface area (Å²) in [4.78, 5) is 53.5. The van der Waals surface area contributed by atoms with Gasteiger partial charge >= 0.3 is 12.1 Å². The molecule has 3 N–H and O–H groups in total. The van der Waals surface area contributed by atoms with Crippen LogP contribution in [-0.4, -0.2) is 105 Å². The molecule has 0 aliphatic carbocycles. The Balaban J connectivity index is 0.000000206. The highest BCUT2D eigenvalue weighted by Crippen LogP contribution is 2.24. The predicted molar refractivity (Wildman–Crippen MR) is 179 cm³/mol. The molecule has 4 aromatic rings. The molecule has 0 unspecified atom stereocenters. The van der Waals surface area contributed by atoms with E-state index in [1.165, 1.54) is 78.5 Å². The number of sulfonamides is 2. The first-order valence-corrected chi connectivity index (χ1v) is 18.1. The summed E-state index contributed by atoms with van der Waals surface area (Å²) in [6.45, 7) is 0.402. The van der Waals surface area contributed by atoms with Gasteiger partial charge in [-0.2, -0.15) is 13.2 Å². The highest BCUT2D eigenvalue weighted by atomic mass is 32.2. The highest BCUT2D eigenvalue weighted by Gasteiger charge is 2.44. The second-order valence-electron chi connectivity index (χ2n) is 10.9. The maximum absolute atomic E-state index is 12.5. The molecule has 4 heterocycles. The SMILES string of the molecule is O=C1CN(C(=O)C(F)(F)F)CCN1c1ccc(S(=O)(=O)Nc2ccncn2)cc1.O=C1CNCCN1c1ccc(S(=O)(=O)Nc2ccncn2)cc1. The lowest BCUT2D eigenvalue weighted by molar-refractivity contribution is -0.186. The fourth-order valence-corrected chi connectivity index (χ4v) is 6.90. The summed E-state index contributed by atoms with van der Waals surface area (Å²) in [6.07, 6.45) is 0.203. The van der Waals surface area contributed by atoms with Crippen LogP contribution in [0, 0.1) is 0 Å². The maximum atomic E-state index is 12.5. The number of halogens is 3. The Morgan fingerprint density at radius 1 is 0.692 bits per heavy atom. The minimum absolute atomic E-state index is 0.0361. The molecule has 0 saturated carbocycles. The Hall–Kier alpha value is -5.74. The summed E-state index contributed by atoms with van der Waals surface area (Å²) < 4.78 is 91.5. The molecule has 274 valence electrons. The van der Waals surface area contributed by atoms with Gasteiger partial charge in [0.15, 0.2) is 0 Å². The van der Waals surface area contributed by atoms with E-state index in [1.54, 1.807) is 17.0 Å². The molecule has 2 saturated heterocycles.